The van der Waals surface area contributed by atoms with Crippen molar-refractivity contribution >= 4 is 28.7 Å². The first kappa shape index (κ1) is 31.3. The third-order valence-corrected chi connectivity index (χ3v) is 6.94. The Hall–Kier alpha value is -4.59. The van der Waals surface area contributed by atoms with E-state index in [2.05, 4.69) is 5.32 Å². The van der Waals surface area contributed by atoms with Crippen LogP contribution in [-0.4, -0.2) is 64.6 Å². The number of phenols is 1. The Bertz CT molecular complexity index is 1620. The average molecular weight is 599 g/mol. The summed E-state index contributed by atoms with van der Waals surface area (Å²) in [6.07, 6.45) is -3.79. The number of carbonyl (C=O) groups excluding carboxylic acids is 2. The molecule has 1 aliphatic heterocycles. The van der Waals surface area contributed by atoms with Crippen LogP contribution >= 0.6 is 0 Å². The number of ether oxygens (including phenoxy) is 4. The molecule has 4 atom stereocenters. The number of aliphatic hydroxyl groups excluding tert-OH is 1. The molecule has 0 radical (unpaired) electrons. The van der Waals surface area contributed by atoms with Crippen LogP contribution in [0.1, 0.15) is 43.6 Å². The van der Waals surface area contributed by atoms with Crippen molar-refractivity contribution in [3.63, 3.8) is 0 Å². The second-order valence-corrected chi connectivity index (χ2v) is 10.8. The van der Waals surface area contributed by atoms with Gasteiger partial charge in [0.1, 0.15) is 23.2 Å². The maximum absolute atomic E-state index is 12.9. The van der Waals surface area contributed by atoms with Crippen LogP contribution in [0.25, 0.3) is 11.0 Å². The van der Waals surface area contributed by atoms with Crippen molar-refractivity contribution in [2.45, 2.75) is 64.3 Å². The van der Waals surface area contributed by atoms with Crippen molar-refractivity contribution in [2.24, 2.45) is 5.73 Å². The highest BCUT2D eigenvalue weighted by atomic mass is 16.7. The molecule has 2 amide bonds. The van der Waals surface area contributed by atoms with E-state index in [1.54, 1.807) is 13.8 Å². The highest BCUT2D eigenvalue weighted by molar-refractivity contribution is 6.06. The molecule has 1 fully saturated rings. The molecule has 1 aromatic heterocycles. The molecule has 2 heterocycles. The predicted molar refractivity (Wildman–Crippen MR) is 154 cm³/mol. The number of anilines is 1. The Morgan fingerprint density at radius 1 is 1.14 bits per heavy atom. The molecule has 230 valence electrons. The van der Waals surface area contributed by atoms with Crippen LogP contribution in [0.4, 0.5) is 10.5 Å². The van der Waals surface area contributed by atoms with Crippen molar-refractivity contribution in [2.75, 3.05) is 12.4 Å². The lowest BCUT2D eigenvalue weighted by Crippen LogP contribution is -2.65. The molecule has 2 aromatic carbocycles. The molecule has 1 aliphatic rings. The normalized spacial score (nSPS) is 21.2. The molecule has 4 rings (SSSR count). The Morgan fingerprint density at radius 2 is 1.86 bits per heavy atom. The highest BCUT2D eigenvalue weighted by Crippen LogP contribution is 2.36. The van der Waals surface area contributed by atoms with Crippen LogP contribution in [0.15, 0.2) is 57.3 Å². The first-order valence-electron chi connectivity index (χ1n) is 13.3. The number of amides is 2. The second-order valence-electron chi connectivity index (χ2n) is 10.8. The molecule has 0 bridgehead atoms. The third-order valence-electron chi connectivity index (χ3n) is 6.94. The number of primary amides is 1. The summed E-state index contributed by atoms with van der Waals surface area (Å²) in [7, 11) is 1.36. The summed E-state index contributed by atoms with van der Waals surface area (Å²) in [5, 5.41) is 34.3. The van der Waals surface area contributed by atoms with Gasteiger partial charge in [-0.05, 0) is 70.0 Å². The van der Waals surface area contributed by atoms with Gasteiger partial charge in [-0.2, -0.15) is 0 Å². The zero-order chi connectivity index (χ0) is 31.6. The maximum atomic E-state index is 12.9. The fourth-order valence-corrected chi connectivity index (χ4v) is 4.82. The number of nitrogens with two attached hydrogens (primary N) is 1. The van der Waals surface area contributed by atoms with Gasteiger partial charge in [-0.1, -0.05) is 11.6 Å². The Morgan fingerprint density at radius 3 is 2.51 bits per heavy atom. The summed E-state index contributed by atoms with van der Waals surface area (Å²) >= 11 is 0. The number of rotatable bonds is 8. The Labute approximate surface area is 246 Å². The number of nitrogens with one attached hydrogen (secondary N) is 1. The smallest absolute Gasteiger partial charge is 0.404 e. The fraction of sp³-hybridized carbons (Fsp3) is 0.367. The van der Waals surface area contributed by atoms with Crippen LogP contribution < -0.4 is 21.4 Å². The molecular formula is C30H34N2O11. The fourth-order valence-electron chi connectivity index (χ4n) is 4.82. The molecule has 1 saturated heterocycles. The molecule has 0 unspecified atom stereocenters. The summed E-state index contributed by atoms with van der Waals surface area (Å²) in [6, 6.07) is 8.33. The number of phenolic OH excluding ortho intramolecular Hbond substituents is 1. The van der Waals surface area contributed by atoms with Gasteiger partial charge in [-0.15, -0.1) is 0 Å². The van der Waals surface area contributed by atoms with Crippen molar-refractivity contribution in [1.82, 2.24) is 0 Å². The zero-order valence-electron chi connectivity index (χ0n) is 24.2. The number of methoxy groups -OCH3 is 1. The van der Waals surface area contributed by atoms with Crippen molar-refractivity contribution in [3.05, 3.63) is 69.6 Å². The quantitative estimate of drug-likeness (QED) is 0.188. The standard InChI is InChI=1S/C30H34N2O11/c1-14(2)6-7-15-12-16(8-11-19(15)33)26(36)32-21-22(34)18-10-9-17(13-20(18)41-27(21)37)40-28-23(35)24(42-29(31)38)25(39-5)30(3,4)43-28/h6,8-13,23-25,28,33-35H,7H2,1-5H3,(H2,31,38)(H,32,36)/t23-,24+,25-,28-/m0/s1. The summed E-state index contributed by atoms with van der Waals surface area (Å²) in [5.74, 6) is -1.14. The molecule has 6 N–H and O–H groups in total. The Balaban J connectivity index is 1.58. The summed E-state index contributed by atoms with van der Waals surface area (Å²) in [5.41, 5.74) is 4.19. The number of carbonyl (C=O) groups is 2. The van der Waals surface area contributed by atoms with Gasteiger partial charge in [-0.25, -0.2) is 9.59 Å². The first-order chi connectivity index (χ1) is 20.2. The van der Waals surface area contributed by atoms with E-state index >= 15 is 0 Å². The highest BCUT2D eigenvalue weighted by Gasteiger charge is 2.53. The summed E-state index contributed by atoms with van der Waals surface area (Å²) in [4.78, 5) is 37.2. The topological polar surface area (TPSA) is 200 Å². The average Bonchev–Trinajstić information content (AvgIpc) is 2.92. The van der Waals surface area contributed by atoms with Gasteiger partial charge in [-0.3, -0.25) is 4.79 Å². The second kappa shape index (κ2) is 12.3. The number of aromatic hydroxyl groups is 2. The lowest BCUT2D eigenvalue weighted by Gasteiger charge is -2.47. The van der Waals surface area contributed by atoms with Crippen LogP contribution in [0.2, 0.25) is 0 Å². The van der Waals surface area contributed by atoms with Crippen LogP contribution in [0, 0.1) is 0 Å². The van der Waals surface area contributed by atoms with Gasteiger partial charge in [0.15, 0.2) is 23.6 Å². The maximum Gasteiger partial charge on any atom is 0.404 e. The van der Waals surface area contributed by atoms with Gasteiger partial charge >= 0.3 is 11.7 Å². The molecule has 3 aromatic rings. The minimum absolute atomic E-state index is 0.0179. The monoisotopic (exact) mass is 598 g/mol. The largest absolute Gasteiger partial charge is 0.508 e. The predicted octanol–water partition coefficient (Wildman–Crippen LogP) is 3.32. The molecule has 13 heteroatoms. The lowest BCUT2D eigenvalue weighted by molar-refractivity contribution is -0.304. The van der Waals surface area contributed by atoms with E-state index in [9.17, 15) is 29.7 Å². The van der Waals surface area contributed by atoms with E-state index in [-0.39, 0.29) is 28.0 Å². The van der Waals surface area contributed by atoms with Gasteiger partial charge < -0.3 is 49.7 Å². The number of fused-ring (bicyclic) bond motifs is 1. The number of hydrogen-bond acceptors (Lipinski definition) is 11. The summed E-state index contributed by atoms with van der Waals surface area (Å²) < 4.78 is 27.5. The van der Waals surface area contributed by atoms with Crippen LogP contribution in [0.3, 0.4) is 0 Å². The number of allylic oxidation sites excluding steroid dienone is 2. The van der Waals surface area contributed by atoms with Gasteiger partial charge in [0, 0.05) is 18.7 Å². The van der Waals surface area contributed by atoms with E-state index < -0.39 is 59.3 Å². The lowest BCUT2D eigenvalue weighted by atomic mass is 9.89. The van der Waals surface area contributed by atoms with Crippen LogP contribution in [-0.2, 0) is 20.6 Å². The third kappa shape index (κ3) is 6.74. The molecule has 43 heavy (non-hydrogen) atoms. The number of hydrogen-bond donors (Lipinski definition) is 5. The van der Waals surface area contributed by atoms with Crippen molar-refractivity contribution in [1.29, 1.82) is 0 Å². The Kier molecular flexibility index (Phi) is 8.99. The first-order valence-corrected chi connectivity index (χ1v) is 13.3. The van der Waals surface area contributed by atoms with E-state index in [1.807, 2.05) is 19.9 Å². The minimum atomic E-state index is -1.51. The van der Waals surface area contributed by atoms with E-state index in [0.717, 1.165) is 5.57 Å². The van der Waals surface area contributed by atoms with E-state index in [1.165, 1.54) is 43.5 Å². The summed E-state index contributed by atoms with van der Waals surface area (Å²) in [6.45, 7) is 7.12. The molecule has 0 spiro atoms. The number of benzene rings is 2. The van der Waals surface area contributed by atoms with Gasteiger partial charge in [0.25, 0.3) is 5.91 Å². The van der Waals surface area contributed by atoms with Crippen molar-refractivity contribution in [3.8, 4) is 17.2 Å². The van der Waals surface area contributed by atoms with Crippen LogP contribution in [0.5, 0.6) is 17.2 Å². The van der Waals surface area contributed by atoms with E-state index in [0.29, 0.717) is 12.0 Å². The molecule has 0 aliphatic carbocycles. The van der Waals surface area contributed by atoms with Gasteiger partial charge in [0.05, 0.1) is 11.0 Å². The van der Waals surface area contributed by atoms with Gasteiger partial charge in [0.2, 0.25) is 6.29 Å². The molecular weight excluding hydrogens is 564 g/mol. The zero-order valence-corrected chi connectivity index (χ0v) is 24.2. The number of aliphatic hydroxyl groups is 1. The molecule has 0 saturated carbocycles. The van der Waals surface area contributed by atoms with E-state index in [4.69, 9.17) is 29.1 Å². The van der Waals surface area contributed by atoms with Crippen molar-refractivity contribution < 1.29 is 48.3 Å². The SMILES string of the molecule is CO[C@H]1[C@H](OC(N)=O)[C@H](O)[C@@H](Oc2ccc3c(O)c(NC(=O)c4ccc(O)c(CC=C(C)C)c4)c(=O)oc3c2)OC1(C)C. The molecule has 13 nitrogen and oxygen atoms in total. The minimum Gasteiger partial charge on any atom is -0.508 e.